The minimum Gasteiger partial charge on any atom is -0.324 e. The Kier molecular flexibility index (Phi) is 6.44. The van der Waals surface area contributed by atoms with Gasteiger partial charge in [-0.2, -0.15) is 10.1 Å². The minimum absolute atomic E-state index is 0.485. The molecule has 2 aromatic carbocycles. The lowest BCUT2D eigenvalue weighted by Crippen LogP contribution is -2.43. The maximum atomic E-state index is 4.53. The van der Waals surface area contributed by atoms with Crippen molar-refractivity contribution >= 4 is 43.4 Å². The van der Waals surface area contributed by atoms with E-state index in [2.05, 4.69) is 75.0 Å². The zero-order valence-corrected chi connectivity index (χ0v) is 19.8. The first-order valence-electron chi connectivity index (χ1n) is 11.0. The van der Waals surface area contributed by atoms with Crippen LogP contribution in [0.1, 0.15) is 5.56 Å². The fourth-order valence-corrected chi connectivity index (χ4v) is 4.29. The van der Waals surface area contributed by atoms with E-state index in [1.807, 2.05) is 35.1 Å². The van der Waals surface area contributed by atoms with Crippen molar-refractivity contribution in [3.63, 3.8) is 0 Å². The molecule has 1 aliphatic rings. The van der Waals surface area contributed by atoms with Gasteiger partial charge >= 0.3 is 0 Å². The van der Waals surface area contributed by atoms with Crippen molar-refractivity contribution < 1.29 is 0 Å². The standard InChI is InChI=1S/C23H28N9P/c1-30-7-9-31(10-8-30)14-17-3-2-4-19(11-17)27-22-24-15-25-23(29-22)28-20-5-6-21-18(12-20)13-26-32(21)16-33/h2-6,11-13,15H,7-10,14,16,33H2,1H3,(H2,24,25,27,28,29). The maximum Gasteiger partial charge on any atom is 0.232 e. The second-order valence-electron chi connectivity index (χ2n) is 8.26. The molecule has 0 amide bonds. The maximum absolute atomic E-state index is 4.53. The molecule has 1 aliphatic heterocycles. The van der Waals surface area contributed by atoms with Gasteiger partial charge in [0.1, 0.15) is 6.33 Å². The largest absolute Gasteiger partial charge is 0.324 e. The molecule has 1 atom stereocenters. The Hall–Kier alpha value is -3.13. The summed E-state index contributed by atoms with van der Waals surface area (Å²) in [5, 5.41) is 12.0. The molecule has 1 fully saturated rings. The van der Waals surface area contributed by atoms with Gasteiger partial charge in [-0.25, -0.2) is 9.97 Å². The highest BCUT2D eigenvalue weighted by Gasteiger charge is 2.14. The Labute approximate surface area is 195 Å². The number of piperazine rings is 1. The van der Waals surface area contributed by atoms with E-state index in [-0.39, 0.29) is 0 Å². The molecule has 3 heterocycles. The Bertz CT molecular complexity index is 1230. The number of benzene rings is 2. The van der Waals surface area contributed by atoms with Gasteiger partial charge in [0.2, 0.25) is 11.9 Å². The van der Waals surface area contributed by atoms with Gasteiger partial charge in [0, 0.05) is 49.5 Å². The lowest BCUT2D eigenvalue weighted by molar-refractivity contribution is 0.148. The number of hydrogen-bond acceptors (Lipinski definition) is 8. The third-order valence-corrected chi connectivity index (χ3v) is 6.17. The van der Waals surface area contributed by atoms with Gasteiger partial charge in [0.25, 0.3) is 0 Å². The van der Waals surface area contributed by atoms with Gasteiger partial charge < -0.3 is 15.5 Å². The molecule has 5 rings (SSSR count). The molecule has 33 heavy (non-hydrogen) atoms. The lowest BCUT2D eigenvalue weighted by atomic mass is 10.1. The lowest BCUT2D eigenvalue weighted by Gasteiger charge is -2.32. The first kappa shape index (κ1) is 21.7. The number of nitrogens with zero attached hydrogens (tertiary/aromatic N) is 7. The van der Waals surface area contributed by atoms with Crippen LogP contribution in [-0.4, -0.2) is 67.8 Å². The van der Waals surface area contributed by atoms with E-state index in [0.717, 1.165) is 61.3 Å². The summed E-state index contributed by atoms with van der Waals surface area (Å²) in [5.74, 6) is 0.986. The van der Waals surface area contributed by atoms with Gasteiger partial charge in [-0.3, -0.25) is 9.58 Å². The number of nitrogens with one attached hydrogen (secondary N) is 2. The molecule has 4 aromatic rings. The SMILES string of the molecule is CN1CCN(Cc2cccc(Nc3ncnc(Nc4ccc5c(cnn5CP)c4)n3)c2)CC1. The summed E-state index contributed by atoms with van der Waals surface area (Å²) < 4.78 is 1.94. The van der Waals surface area contributed by atoms with Crippen LogP contribution >= 0.6 is 9.24 Å². The molecule has 0 bridgehead atoms. The van der Waals surface area contributed by atoms with Gasteiger partial charge in [-0.1, -0.05) is 12.1 Å². The second kappa shape index (κ2) is 9.79. The van der Waals surface area contributed by atoms with E-state index in [4.69, 9.17) is 0 Å². The smallest absolute Gasteiger partial charge is 0.232 e. The first-order valence-corrected chi connectivity index (χ1v) is 11.9. The molecular formula is C23H28N9P. The Morgan fingerprint density at radius 2 is 1.70 bits per heavy atom. The monoisotopic (exact) mass is 461 g/mol. The zero-order valence-electron chi connectivity index (χ0n) is 18.6. The number of fused-ring (bicyclic) bond motifs is 1. The summed E-state index contributed by atoms with van der Waals surface area (Å²) in [4.78, 5) is 18.0. The van der Waals surface area contributed by atoms with Crippen LogP contribution in [0, 0.1) is 0 Å². The van der Waals surface area contributed by atoms with E-state index in [1.54, 1.807) is 0 Å². The van der Waals surface area contributed by atoms with Crippen LogP contribution in [-0.2, 0) is 12.8 Å². The van der Waals surface area contributed by atoms with Crippen LogP contribution in [0.25, 0.3) is 10.9 Å². The Balaban J connectivity index is 1.26. The predicted octanol–water partition coefficient (Wildman–Crippen LogP) is 3.29. The van der Waals surface area contributed by atoms with Gasteiger partial charge in [-0.05, 0) is 42.9 Å². The summed E-state index contributed by atoms with van der Waals surface area (Å²) in [6.07, 6.45) is 4.13. The van der Waals surface area contributed by atoms with Crippen LogP contribution in [0.3, 0.4) is 0 Å². The highest BCUT2D eigenvalue weighted by Crippen LogP contribution is 2.22. The van der Waals surface area contributed by atoms with Crippen molar-refractivity contribution in [3.05, 3.63) is 60.6 Å². The van der Waals surface area contributed by atoms with E-state index in [9.17, 15) is 0 Å². The number of rotatable bonds is 7. The van der Waals surface area contributed by atoms with Crippen molar-refractivity contribution in [2.45, 2.75) is 12.8 Å². The van der Waals surface area contributed by atoms with Gasteiger partial charge in [0.15, 0.2) is 0 Å². The highest BCUT2D eigenvalue weighted by molar-refractivity contribution is 7.15. The van der Waals surface area contributed by atoms with Crippen LogP contribution < -0.4 is 10.6 Å². The van der Waals surface area contributed by atoms with Crippen molar-refractivity contribution in [2.24, 2.45) is 0 Å². The third kappa shape index (κ3) is 5.27. The quantitative estimate of drug-likeness (QED) is 0.406. The molecule has 1 unspecified atom stereocenters. The molecular weight excluding hydrogens is 433 g/mol. The fourth-order valence-electron chi connectivity index (χ4n) is 4.00. The highest BCUT2D eigenvalue weighted by atomic mass is 31.0. The number of aromatic nitrogens is 5. The zero-order chi connectivity index (χ0) is 22.6. The van der Waals surface area contributed by atoms with Crippen molar-refractivity contribution in [3.8, 4) is 0 Å². The van der Waals surface area contributed by atoms with Crippen molar-refractivity contribution in [2.75, 3.05) is 43.9 Å². The summed E-state index contributed by atoms with van der Waals surface area (Å²) >= 11 is 0. The summed E-state index contributed by atoms with van der Waals surface area (Å²) in [7, 11) is 4.87. The molecule has 9 nitrogen and oxygen atoms in total. The molecule has 1 saturated heterocycles. The molecule has 0 saturated carbocycles. The molecule has 10 heteroatoms. The van der Waals surface area contributed by atoms with Crippen LogP contribution in [0.2, 0.25) is 0 Å². The van der Waals surface area contributed by atoms with E-state index in [1.165, 1.54) is 11.9 Å². The summed E-state index contributed by atoms with van der Waals surface area (Å²) in [6.45, 7) is 5.38. The average Bonchev–Trinajstić information content (AvgIpc) is 3.23. The molecule has 0 spiro atoms. The van der Waals surface area contributed by atoms with Gasteiger partial charge in [0.05, 0.1) is 18.0 Å². The Morgan fingerprint density at radius 1 is 0.939 bits per heavy atom. The van der Waals surface area contributed by atoms with Crippen LogP contribution in [0.5, 0.6) is 0 Å². The molecule has 170 valence electrons. The average molecular weight is 462 g/mol. The first-order chi connectivity index (χ1) is 16.2. The van der Waals surface area contributed by atoms with E-state index >= 15 is 0 Å². The van der Waals surface area contributed by atoms with Crippen molar-refractivity contribution in [1.29, 1.82) is 0 Å². The molecule has 0 radical (unpaired) electrons. The Morgan fingerprint density at radius 3 is 2.45 bits per heavy atom. The fraction of sp³-hybridized carbons (Fsp3) is 0.304. The molecule has 2 aromatic heterocycles. The van der Waals surface area contributed by atoms with Crippen molar-refractivity contribution in [1.82, 2.24) is 34.5 Å². The van der Waals surface area contributed by atoms with Crippen LogP contribution in [0.4, 0.5) is 23.3 Å². The van der Waals surface area contributed by atoms with Crippen LogP contribution in [0.15, 0.2) is 55.0 Å². The molecule has 0 aliphatic carbocycles. The molecule has 2 N–H and O–H groups in total. The number of hydrogen-bond donors (Lipinski definition) is 2. The summed E-state index contributed by atoms with van der Waals surface area (Å²) in [6, 6.07) is 14.5. The predicted molar refractivity (Wildman–Crippen MR) is 135 cm³/mol. The van der Waals surface area contributed by atoms with E-state index < -0.39 is 0 Å². The number of likely N-dealkylation sites (N-methyl/N-ethyl adjacent to an activating group) is 1. The van der Waals surface area contributed by atoms with Gasteiger partial charge in [-0.15, -0.1) is 9.24 Å². The third-order valence-electron chi connectivity index (χ3n) is 5.83. The number of anilines is 4. The topological polar surface area (TPSA) is 87.0 Å². The minimum atomic E-state index is 0.485. The second-order valence-corrected chi connectivity index (χ2v) is 8.63. The summed E-state index contributed by atoms with van der Waals surface area (Å²) in [5.41, 5.74) is 4.23. The van der Waals surface area contributed by atoms with E-state index in [0.29, 0.717) is 11.9 Å². The normalized spacial score (nSPS) is 15.1.